The minimum absolute atomic E-state index is 0.0721. The number of amides is 1. The highest BCUT2D eigenvalue weighted by Crippen LogP contribution is 2.45. The van der Waals surface area contributed by atoms with Crippen LogP contribution in [0.1, 0.15) is 60.5 Å². The third-order valence-corrected chi connectivity index (χ3v) is 7.31. The summed E-state index contributed by atoms with van der Waals surface area (Å²) in [5.41, 5.74) is 2.64. The average Bonchev–Trinajstić information content (AvgIpc) is 3.45. The maximum absolute atomic E-state index is 13.2. The van der Waals surface area contributed by atoms with Crippen molar-refractivity contribution in [3.8, 4) is 5.75 Å². The summed E-state index contributed by atoms with van der Waals surface area (Å²) < 4.78 is 5.65. The molecule has 3 aliphatic rings. The Hall–Kier alpha value is -2.87. The monoisotopic (exact) mass is 465 g/mol. The molecular weight excluding hydrogens is 430 g/mol. The number of aliphatic hydroxyl groups excluding tert-OH is 1. The molecule has 0 bridgehead atoms. The van der Waals surface area contributed by atoms with Crippen LogP contribution in [-0.2, 0) is 6.54 Å². The number of carbonyl (C=O) groups is 1. The Morgan fingerprint density at radius 2 is 1.97 bits per heavy atom. The third-order valence-electron chi connectivity index (χ3n) is 7.31. The summed E-state index contributed by atoms with van der Waals surface area (Å²) in [4.78, 5) is 24.8. The van der Waals surface area contributed by atoms with E-state index in [1.807, 2.05) is 26.0 Å². The Bertz CT molecular complexity index is 1030. The number of aromatic nitrogens is 2. The first-order valence-electron chi connectivity index (χ1n) is 12.6. The molecule has 2 aromatic rings. The molecule has 182 valence electrons. The van der Waals surface area contributed by atoms with Crippen LogP contribution in [-0.4, -0.2) is 52.8 Å². The van der Waals surface area contributed by atoms with Gasteiger partial charge in [0, 0.05) is 31.9 Å². The Morgan fingerprint density at radius 1 is 1.21 bits per heavy atom. The molecule has 5 rings (SSSR count). The van der Waals surface area contributed by atoms with Gasteiger partial charge in [0.2, 0.25) is 5.95 Å². The van der Waals surface area contributed by atoms with Crippen LogP contribution in [0.3, 0.4) is 0 Å². The van der Waals surface area contributed by atoms with Crippen LogP contribution in [0.25, 0.3) is 0 Å². The van der Waals surface area contributed by atoms with Gasteiger partial charge < -0.3 is 25.4 Å². The quantitative estimate of drug-likeness (QED) is 0.550. The zero-order chi connectivity index (χ0) is 23.7. The molecule has 2 aliphatic carbocycles. The number of hydrogen-bond acceptors (Lipinski definition) is 7. The Kier molecular flexibility index (Phi) is 6.59. The lowest BCUT2D eigenvalue weighted by Crippen LogP contribution is -2.39. The van der Waals surface area contributed by atoms with E-state index < -0.39 is 0 Å². The molecule has 2 saturated carbocycles. The van der Waals surface area contributed by atoms with Gasteiger partial charge in [0.1, 0.15) is 17.1 Å². The van der Waals surface area contributed by atoms with Crippen LogP contribution in [0.4, 0.5) is 11.8 Å². The van der Waals surface area contributed by atoms with Crippen molar-refractivity contribution >= 4 is 17.7 Å². The van der Waals surface area contributed by atoms with Crippen molar-refractivity contribution in [1.82, 2.24) is 15.3 Å². The van der Waals surface area contributed by atoms with Crippen molar-refractivity contribution in [2.75, 3.05) is 29.9 Å². The summed E-state index contributed by atoms with van der Waals surface area (Å²) in [6.07, 6.45) is 5.74. The van der Waals surface area contributed by atoms with E-state index in [0.29, 0.717) is 30.5 Å². The van der Waals surface area contributed by atoms with Crippen LogP contribution in [0.15, 0.2) is 24.4 Å². The maximum Gasteiger partial charge on any atom is 0.256 e. The van der Waals surface area contributed by atoms with Gasteiger partial charge in [-0.15, -0.1) is 0 Å². The average molecular weight is 466 g/mol. The standard InChI is InChI=1S/C26H35N5O3/c1-3-34-23-9-4-17(10-16(23)2)12-27-24-22(25(33)29-20-5-7-21(32)8-6-20)13-28-26(30-24)31-14-18-11-19(18)15-31/h4,9-10,13,18-21,32H,3,5-8,11-12,14-15H2,1-2H3,(H,29,33)(H,27,28,30)/t18-,19-,20?,21?/m0/s1. The summed E-state index contributed by atoms with van der Waals surface area (Å²) in [7, 11) is 0. The van der Waals surface area contributed by atoms with Crippen molar-refractivity contribution in [2.45, 2.75) is 64.6 Å². The Labute approximate surface area is 201 Å². The molecule has 0 spiro atoms. The van der Waals surface area contributed by atoms with E-state index in [4.69, 9.17) is 9.72 Å². The number of carbonyl (C=O) groups excluding carboxylic acids is 1. The molecule has 0 radical (unpaired) electrons. The fourth-order valence-corrected chi connectivity index (χ4v) is 5.20. The first-order chi connectivity index (χ1) is 16.5. The topological polar surface area (TPSA) is 99.6 Å². The van der Waals surface area contributed by atoms with Gasteiger partial charge in [0.15, 0.2) is 0 Å². The number of anilines is 2. The summed E-state index contributed by atoms with van der Waals surface area (Å²) in [5, 5.41) is 16.3. The zero-order valence-electron chi connectivity index (χ0n) is 20.1. The lowest BCUT2D eigenvalue weighted by atomic mass is 9.93. The first-order valence-corrected chi connectivity index (χ1v) is 12.6. The number of piperidine rings is 1. The van der Waals surface area contributed by atoms with E-state index in [0.717, 1.165) is 67.5 Å². The highest BCUT2D eigenvalue weighted by Gasteiger charge is 2.46. The van der Waals surface area contributed by atoms with Gasteiger partial charge in [-0.2, -0.15) is 4.98 Å². The number of nitrogens with zero attached hydrogens (tertiary/aromatic N) is 3. The predicted molar refractivity (Wildman–Crippen MR) is 131 cm³/mol. The molecule has 8 nitrogen and oxygen atoms in total. The predicted octanol–water partition coefficient (Wildman–Crippen LogP) is 3.29. The summed E-state index contributed by atoms with van der Waals surface area (Å²) in [6, 6.07) is 6.20. The van der Waals surface area contributed by atoms with Crippen molar-refractivity contribution in [3.05, 3.63) is 41.1 Å². The zero-order valence-corrected chi connectivity index (χ0v) is 20.1. The Morgan fingerprint density at radius 3 is 2.68 bits per heavy atom. The van der Waals surface area contributed by atoms with Crippen LogP contribution in [0.5, 0.6) is 5.75 Å². The first kappa shape index (κ1) is 22.9. The van der Waals surface area contributed by atoms with Gasteiger partial charge in [-0.05, 0) is 75.0 Å². The van der Waals surface area contributed by atoms with E-state index in [9.17, 15) is 9.90 Å². The van der Waals surface area contributed by atoms with Crippen molar-refractivity contribution in [1.29, 1.82) is 0 Å². The van der Waals surface area contributed by atoms with Crippen LogP contribution in [0.2, 0.25) is 0 Å². The molecule has 1 saturated heterocycles. The number of rotatable bonds is 8. The van der Waals surface area contributed by atoms with Crippen LogP contribution < -0.4 is 20.3 Å². The number of aryl methyl sites for hydroxylation is 1. The van der Waals surface area contributed by atoms with E-state index in [1.54, 1.807) is 6.20 Å². The van der Waals surface area contributed by atoms with Crippen LogP contribution in [0, 0.1) is 18.8 Å². The third kappa shape index (κ3) is 5.12. The van der Waals surface area contributed by atoms with E-state index >= 15 is 0 Å². The molecule has 2 atom stereocenters. The number of nitrogens with one attached hydrogen (secondary N) is 2. The number of fused-ring (bicyclic) bond motifs is 1. The van der Waals surface area contributed by atoms with Gasteiger partial charge in [-0.3, -0.25) is 4.79 Å². The minimum atomic E-state index is -0.253. The molecule has 34 heavy (non-hydrogen) atoms. The normalized spacial score (nSPS) is 25.6. The van der Waals surface area contributed by atoms with E-state index in [-0.39, 0.29) is 18.1 Å². The van der Waals surface area contributed by atoms with Gasteiger partial charge in [-0.25, -0.2) is 4.98 Å². The maximum atomic E-state index is 13.2. The molecule has 1 aromatic carbocycles. The molecule has 3 N–H and O–H groups in total. The van der Waals surface area contributed by atoms with Gasteiger partial charge in [-0.1, -0.05) is 12.1 Å². The lowest BCUT2D eigenvalue weighted by molar-refractivity contribution is 0.0867. The highest BCUT2D eigenvalue weighted by molar-refractivity contribution is 5.98. The number of hydrogen-bond donors (Lipinski definition) is 3. The number of ether oxygens (including phenoxy) is 1. The van der Waals surface area contributed by atoms with Gasteiger partial charge >= 0.3 is 0 Å². The number of benzene rings is 1. The van der Waals surface area contributed by atoms with Crippen molar-refractivity contribution in [3.63, 3.8) is 0 Å². The summed E-state index contributed by atoms with van der Waals surface area (Å²) in [5.74, 6) is 3.52. The molecule has 1 amide bonds. The summed E-state index contributed by atoms with van der Waals surface area (Å²) >= 11 is 0. The second kappa shape index (κ2) is 9.78. The van der Waals surface area contributed by atoms with Crippen molar-refractivity contribution in [2.24, 2.45) is 11.8 Å². The molecular formula is C26H35N5O3. The molecule has 1 aromatic heterocycles. The number of aliphatic hydroxyl groups is 1. The Balaban J connectivity index is 1.33. The second-order valence-corrected chi connectivity index (χ2v) is 9.96. The van der Waals surface area contributed by atoms with Gasteiger partial charge in [0.25, 0.3) is 5.91 Å². The molecule has 3 fully saturated rings. The largest absolute Gasteiger partial charge is 0.494 e. The molecule has 2 heterocycles. The summed E-state index contributed by atoms with van der Waals surface area (Å²) in [6.45, 7) is 7.20. The SMILES string of the molecule is CCOc1ccc(CNc2nc(N3C[C@@H]4C[C@H]4C3)ncc2C(=O)NC2CCC(O)CC2)cc1C. The molecule has 8 heteroatoms. The highest BCUT2D eigenvalue weighted by atomic mass is 16.5. The van der Waals surface area contributed by atoms with E-state index in [2.05, 4.69) is 26.6 Å². The minimum Gasteiger partial charge on any atom is -0.494 e. The van der Waals surface area contributed by atoms with Crippen LogP contribution >= 0.6 is 0 Å². The van der Waals surface area contributed by atoms with Gasteiger partial charge in [0.05, 0.1) is 12.7 Å². The smallest absolute Gasteiger partial charge is 0.256 e. The van der Waals surface area contributed by atoms with E-state index in [1.165, 1.54) is 6.42 Å². The molecule has 1 aliphatic heterocycles. The fourth-order valence-electron chi connectivity index (χ4n) is 5.20. The fraction of sp³-hybridized carbons (Fsp3) is 0.577. The molecule has 0 unspecified atom stereocenters. The van der Waals surface area contributed by atoms with Crippen molar-refractivity contribution < 1.29 is 14.6 Å². The lowest BCUT2D eigenvalue weighted by Gasteiger charge is -2.26. The second-order valence-electron chi connectivity index (χ2n) is 9.96.